The quantitative estimate of drug-likeness (QED) is 0.267. The number of aromatic amines is 1. The molecule has 0 aliphatic carbocycles. The number of para-hydroxylation sites is 1. The summed E-state index contributed by atoms with van der Waals surface area (Å²) in [7, 11) is 1.74. The average molecular weight is 480 g/mol. The number of nitrogens with one attached hydrogen (secondary N) is 1. The minimum Gasteiger partial charge on any atom is -0.494 e. The van der Waals surface area contributed by atoms with Crippen LogP contribution in [-0.4, -0.2) is 28.8 Å². The first kappa shape index (κ1) is 22.4. The van der Waals surface area contributed by atoms with Gasteiger partial charge in [-0.2, -0.15) is 0 Å². The second-order valence-electron chi connectivity index (χ2n) is 8.11. The van der Waals surface area contributed by atoms with Gasteiger partial charge in [-0.1, -0.05) is 60.1 Å². The minimum atomic E-state index is -0.152. The van der Waals surface area contributed by atoms with Crippen LogP contribution in [0.15, 0.2) is 108 Å². The Hall–Kier alpha value is -4.35. The van der Waals surface area contributed by atoms with Crippen LogP contribution in [0.5, 0.6) is 5.88 Å². The highest BCUT2D eigenvalue weighted by atomic mass is 35.5. The maximum absolute atomic E-state index is 13.3. The van der Waals surface area contributed by atoms with Gasteiger partial charge in [0.25, 0.3) is 5.91 Å². The van der Waals surface area contributed by atoms with Crippen molar-refractivity contribution in [3.05, 3.63) is 125 Å². The number of carbonyl (C=O) groups excluding carboxylic acids is 1. The van der Waals surface area contributed by atoms with Gasteiger partial charge in [0.15, 0.2) is 5.88 Å². The molecule has 0 fully saturated rings. The van der Waals surface area contributed by atoms with Crippen LogP contribution in [0.3, 0.4) is 0 Å². The topological polar surface area (TPSA) is 68.7 Å². The van der Waals surface area contributed by atoms with Crippen molar-refractivity contribution in [1.82, 2.24) is 4.98 Å². The van der Waals surface area contributed by atoms with Crippen LogP contribution in [0.25, 0.3) is 10.9 Å². The van der Waals surface area contributed by atoms with E-state index in [9.17, 15) is 9.90 Å². The van der Waals surface area contributed by atoms with Gasteiger partial charge in [-0.05, 0) is 54.6 Å². The maximum atomic E-state index is 13.3. The zero-order valence-electron chi connectivity index (χ0n) is 18.9. The lowest BCUT2D eigenvalue weighted by Gasteiger charge is -2.17. The molecule has 1 amide bonds. The molecule has 0 bridgehead atoms. The molecular weight excluding hydrogens is 458 g/mol. The lowest BCUT2D eigenvalue weighted by Crippen LogP contribution is -2.26. The van der Waals surface area contributed by atoms with Gasteiger partial charge in [-0.25, -0.2) is 4.99 Å². The van der Waals surface area contributed by atoms with E-state index < -0.39 is 0 Å². The summed E-state index contributed by atoms with van der Waals surface area (Å²) < 4.78 is 0. The van der Waals surface area contributed by atoms with Crippen molar-refractivity contribution in [1.29, 1.82) is 0 Å². The number of aromatic hydroxyl groups is 1. The first-order valence-electron chi connectivity index (χ1n) is 11.1. The SMILES string of the molecule is CN(C(=O)c1ccc2[nH]c(O)c(C(=Nc3ccc(Cl)cc3)c3ccccc3)c2c1)c1ccccc1. The van der Waals surface area contributed by atoms with Gasteiger partial charge in [0.05, 0.1) is 17.0 Å². The zero-order valence-corrected chi connectivity index (χ0v) is 19.7. The predicted octanol–water partition coefficient (Wildman–Crippen LogP) is 6.97. The second-order valence-corrected chi connectivity index (χ2v) is 8.55. The number of hydrogen-bond donors (Lipinski definition) is 2. The fraction of sp³-hybridized carbons (Fsp3) is 0.0345. The zero-order chi connectivity index (χ0) is 24.4. The molecule has 1 aromatic heterocycles. The predicted molar refractivity (Wildman–Crippen MR) is 142 cm³/mol. The van der Waals surface area contributed by atoms with E-state index in [1.165, 1.54) is 0 Å². The number of aromatic nitrogens is 1. The largest absolute Gasteiger partial charge is 0.494 e. The summed E-state index contributed by atoms with van der Waals surface area (Å²) in [4.78, 5) is 22.8. The summed E-state index contributed by atoms with van der Waals surface area (Å²) >= 11 is 6.06. The number of rotatable bonds is 5. The Labute approximate surface area is 208 Å². The third kappa shape index (κ3) is 4.54. The number of hydrogen-bond acceptors (Lipinski definition) is 3. The summed E-state index contributed by atoms with van der Waals surface area (Å²) in [5, 5.41) is 12.3. The molecule has 0 radical (unpaired) electrons. The number of aliphatic imine (C=N–C) groups is 1. The number of halogens is 1. The molecule has 4 aromatic carbocycles. The van der Waals surface area contributed by atoms with Crippen molar-refractivity contribution in [2.75, 3.05) is 11.9 Å². The summed E-state index contributed by atoms with van der Waals surface area (Å²) in [6.45, 7) is 0. The highest BCUT2D eigenvalue weighted by Crippen LogP contribution is 2.33. The van der Waals surface area contributed by atoms with Crippen LogP contribution in [0.4, 0.5) is 11.4 Å². The van der Waals surface area contributed by atoms with Gasteiger partial charge in [0.2, 0.25) is 0 Å². The first-order valence-corrected chi connectivity index (χ1v) is 11.5. The molecule has 0 aliphatic heterocycles. The molecule has 5 aromatic rings. The minimum absolute atomic E-state index is 0.0161. The van der Waals surface area contributed by atoms with Crippen molar-refractivity contribution < 1.29 is 9.90 Å². The van der Waals surface area contributed by atoms with Crippen LogP contribution >= 0.6 is 11.6 Å². The number of carbonyl (C=O) groups is 1. The molecular formula is C29H22ClN3O2. The summed E-state index contributed by atoms with van der Waals surface area (Å²) in [5.74, 6) is -0.168. The standard InChI is InChI=1S/C29H22ClN3O2/c1-33(23-10-6-3-7-11-23)29(35)20-12-17-25-24(18-20)26(28(34)32-25)27(19-8-4-2-5-9-19)31-22-15-13-21(30)14-16-22/h2-18,32,34H,1H3. The molecule has 1 heterocycles. The van der Waals surface area contributed by atoms with Crippen LogP contribution in [0.1, 0.15) is 21.5 Å². The van der Waals surface area contributed by atoms with E-state index in [-0.39, 0.29) is 11.8 Å². The van der Waals surface area contributed by atoms with Gasteiger partial charge in [-0.3, -0.25) is 4.79 Å². The number of anilines is 1. The molecule has 2 N–H and O–H groups in total. The monoisotopic (exact) mass is 479 g/mol. The molecule has 172 valence electrons. The smallest absolute Gasteiger partial charge is 0.258 e. The van der Waals surface area contributed by atoms with Gasteiger partial charge in [0.1, 0.15) is 0 Å². The highest BCUT2D eigenvalue weighted by molar-refractivity contribution is 6.30. The van der Waals surface area contributed by atoms with Crippen LogP contribution < -0.4 is 4.90 Å². The number of amides is 1. The third-order valence-electron chi connectivity index (χ3n) is 5.83. The fourth-order valence-corrected chi connectivity index (χ4v) is 4.14. The van der Waals surface area contributed by atoms with Gasteiger partial charge >= 0.3 is 0 Å². The summed E-state index contributed by atoms with van der Waals surface area (Å²) in [6.07, 6.45) is 0. The van der Waals surface area contributed by atoms with E-state index in [4.69, 9.17) is 16.6 Å². The van der Waals surface area contributed by atoms with E-state index in [0.29, 0.717) is 38.5 Å². The van der Waals surface area contributed by atoms with E-state index in [1.54, 1.807) is 42.3 Å². The average Bonchev–Trinajstić information content (AvgIpc) is 3.23. The Morgan fingerprint density at radius 1 is 0.857 bits per heavy atom. The number of fused-ring (bicyclic) bond motifs is 1. The summed E-state index contributed by atoms with van der Waals surface area (Å²) in [5.41, 5.74) is 4.63. The Balaban J connectivity index is 1.65. The lowest BCUT2D eigenvalue weighted by atomic mass is 9.99. The van der Waals surface area contributed by atoms with Crippen molar-refractivity contribution in [2.24, 2.45) is 4.99 Å². The Morgan fingerprint density at radius 2 is 1.51 bits per heavy atom. The van der Waals surface area contributed by atoms with Gasteiger partial charge in [0, 0.05) is 39.8 Å². The van der Waals surface area contributed by atoms with Gasteiger partial charge < -0.3 is 15.0 Å². The summed E-state index contributed by atoms with van der Waals surface area (Å²) in [6, 6.07) is 31.6. The molecule has 0 atom stereocenters. The van der Waals surface area contributed by atoms with E-state index >= 15 is 0 Å². The maximum Gasteiger partial charge on any atom is 0.258 e. The molecule has 0 unspecified atom stereocenters. The lowest BCUT2D eigenvalue weighted by molar-refractivity contribution is 0.0993. The number of benzene rings is 4. The van der Waals surface area contributed by atoms with Crippen LogP contribution in [-0.2, 0) is 0 Å². The van der Waals surface area contributed by atoms with Crippen LogP contribution in [0, 0.1) is 0 Å². The normalized spacial score (nSPS) is 11.5. The Bertz CT molecular complexity index is 1530. The Morgan fingerprint density at radius 3 is 2.20 bits per heavy atom. The number of nitrogens with zero attached hydrogens (tertiary/aromatic N) is 2. The molecule has 0 saturated heterocycles. The van der Waals surface area contributed by atoms with Gasteiger partial charge in [-0.15, -0.1) is 0 Å². The fourth-order valence-electron chi connectivity index (χ4n) is 4.02. The molecule has 35 heavy (non-hydrogen) atoms. The Kier molecular flexibility index (Phi) is 6.08. The highest BCUT2D eigenvalue weighted by Gasteiger charge is 2.21. The van der Waals surface area contributed by atoms with E-state index in [2.05, 4.69) is 4.98 Å². The van der Waals surface area contributed by atoms with E-state index in [1.807, 2.05) is 72.8 Å². The molecule has 0 spiro atoms. The molecule has 0 saturated carbocycles. The first-order chi connectivity index (χ1) is 17.0. The third-order valence-corrected chi connectivity index (χ3v) is 6.08. The second kappa shape index (κ2) is 9.49. The van der Waals surface area contributed by atoms with Crippen molar-refractivity contribution in [3.8, 4) is 5.88 Å². The van der Waals surface area contributed by atoms with E-state index in [0.717, 1.165) is 11.3 Å². The van der Waals surface area contributed by atoms with Crippen molar-refractivity contribution >= 4 is 45.5 Å². The molecule has 6 heteroatoms. The van der Waals surface area contributed by atoms with Crippen molar-refractivity contribution in [3.63, 3.8) is 0 Å². The molecule has 5 rings (SSSR count). The molecule has 5 nitrogen and oxygen atoms in total. The van der Waals surface area contributed by atoms with Crippen LogP contribution in [0.2, 0.25) is 5.02 Å². The number of H-pyrrole nitrogens is 1. The van der Waals surface area contributed by atoms with Crippen molar-refractivity contribution in [2.45, 2.75) is 0 Å². The molecule has 0 aliphatic rings.